The molecule has 1 aliphatic heterocycles. The Hall–Kier alpha value is -2.58. The Balaban J connectivity index is 1.71. The summed E-state index contributed by atoms with van der Waals surface area (Å²) < 4.78 is 16.1. The fourth-order valence-electron chi connectivity index (χ4n) is 3.25. The molecular weight excluding hydrogens is 347 g/mol. The fraction of sp³-hybridized carbons (Fsp3) is 0.421. The summed E-state index contributed by atoms with van der Waals surface area (Å²) in [5.74, 6) is -0.134. The number of fused-ring (bicyclic) bond motifs is 1. The quantitative estimate of drug-likeness (QED) is 0.653. The molecule has 1 aliphatic rings. The Kier molecular flexibility index (Phi) is 4.53. The number of hydrogen-bond donors (Lipinski definition) is 3. The van der Waals surface area contributed by atoms with Gasteiger partial charge in [0.05, 0.1) is 29.5 Å². The van der Waals surface area contributed by atoms with Gasteiger partial charge in [0.25, 0.3) is 0 Å². The highest BCUT2D eigenvalue weighted by Crippen LogP contribution is 2.25. The summed E-state index contributed by atoms with van der Waals surface area (Å²) >= 11 is 0. The molecule has 0 spiro atoms. The van der Waals surface area contributed by atoms with E-state index in [1.54, 1.807) is 38.5 Å². The summed E-state index contributed by atoms with van der Waals surface area (Å²) in [5.41, 5.74) is 1.39. The number of hydrogen-bond acceptors (Lipinski definition) is 6. The van der Waals surface area contributed by atoms with Gasteiger partial charge in [-0.15, -0.1) is 0 Å². The minimum Gasteiger partial charge on any atom is -0.384 e. The highest BCUT2D eigenvalue weighted by atomic mass is 19.1. The smallest absolute Gasteiger partial charge is 0.165 e. The van der Waals surface area contributed by atoms with E-state index in [4.69, 9.17) is 0 Å². The van der Waals surface area contributed by atoms with Crippen molar-refractivity contribution in [3.05, 3.63) is 42.2 Å². The molecule has 0 bridgehead atoms. The van der Waals surface area contributed by atoms with Crippen LogP contribution >= 0.6 is 0 Å². The zero-order valence-electron chi connectivity index (χ0n) is 15.4. The molecule has 0 aromatic carbocycles. The highest BCUT2D eigenvalue weighted by Gasteiger charge is 2.20. The molecule has 142 valence electrons. The average molecular weight is 370 g/mol. The van der Waals surface area contributed by atoms with Gasteiger partial charge in [-0.2, -0.15) is 0 Å². The Morgan fingerprint density at radius 2 is 2.15 bits per heavy atom. The second kappa shape index (κ2) is 6.86. The third kappa shape index (κ3) is 3.63. The normalized spacial score (nSPS) is 18.0. The van der Waals surface area contributed by atoms with Crippen molar-refractivity contribution < 1.29 is 9.50 Å². The molecule has 0 amide bonds. The molecule has 3 N–H and O–H groups in total. The standard InChI is InChI=1S/C19H23FN6O/c1-19(2,27)16-11-26-15(9-23-17(26)10-22-16)14-6-5-13(20)18(25-14)24-12-4-3-7-21-8-12/h5-6,9-12,21,27H,3-4,7-8H2,1-2H3,(H,24,25). The minimum absolute atomic E-state index is 0.157. The molecular formula is C19H23FN6O. The van der Waals surface area contributed by atoms with Crippen LogP contribution in [0.2, 0.25) is 0 Å². The first-order valence-corrected chi connectivity index (χ1v) is 9.12. The van der Waals surface area contributed by atoms with Crippen LogP contribution in [0.3, 0.4) is 0 Å². The van der Waals surface area contributed by atoms with Crippen molar-refractivity contribution in [3.8, 4) is 11.4 Å². The van der Waals surface area contributed by atoms with E-state index in [2.05, 4.69) is 25.6 Å². The van der Waals surface area contributed by atoms with Gasteiger partial charge in [-0.05, 0) is 45.4 Å². The van der Waals surface area contributed by atoms with Crippen molar-refractivity contribution >= 4 is 11.5 Å². The van der Waals surface area contributed by atoms with E-state index in [-0.39, 0.29) is 17.7 Å². The van der Waals surface area contributed by atoms with Crippen molar-refractivity contribution in [2.75, 3.05) is 18.4 Å². The fourth-order valence-corrected chi connectivity index (χ4v) is 3.25. The molecule has 0 saturated carbocycles. The van der Waals surface area contributed by atoms with E-state index < -0.39 is 5.60 Å². The Labute approximate surface area is 156 Å². The van der Waals surface area contributed by atoms with Gasteiger partial charge in [-0.1, -0.05) is 0 Å². The molecule has 7 nitrogen and oxygen atoms in total. The summed E-state index contributed by atoms with van der Waals surface area (Å²) in [6, 6.07) is 3.20. The number of aromatic nitrogens is 4. The lowest BCUT2D eigenvalue weighted by molar-refractivity contribution is 0.0734. The maximum Gasteiger partial charge on any atom is 0.165 e. The lowest BCUT2D eigenvalue weighted by Gasteiger charge is -2.24. The van der Waals surface area contributed by atoms with Gasteiger partial charge in [0, 0.05) is 18.8 Å². The van der Waals surface area contributed by atoms with E-state index in [0.29, 0.717) is 22.7 Å². The van der Waals surface area contributed by atoms with Gasteiger partial charge in [0.1, 0.15) is 5.60 Å². The van der Waals surface area contributed by atoms with Gasteiger partial charge in [0.2, 0.25) is 0 Å². The van der Waals surface area contributed by atoms with Gasteiger partial charge < -0.3 is 15.7 Å². The summed E-state index contributed by atoms with van der Waals surface area (Å²) in [5, 5.41) is 16.7. The number of anilines is 1. The van der Waals surface area contributed by atoms with Gasteiger partial charge in [-0.3, -0.25) is 9.38 Å². The number of imidazole rings is 1. The number of halogens is 1. The van der Waals surface area contributed by atoms with E-state index in [1.165, 1.54) is 6.07 Å². The van der Waals surface area contributed by atoms with Gasteiger partial charge >= 0.3 is 0 Å². The first-order valence-electron chi connectivity index (χ1n) is 9.12. The molecule has 8 heteroatoms. The molecule has 4 rings (SSSR count). The first kappa shape index (κ1) is 17.8. The zero-order chi connectivity index (χ0) is 19.0. The monoisotopic (exact) mass is 370 g/mol. The van der Waals surface area contributed by atoms with E-state index in [0.717, 1.165) is 25.9 Å². The third-order valence-corrected chi connectivity index (χ3v) is 4.77. The molecule has 3 aromatic heterocycles. The molecule has 4 heterocycles. The van der Waals surface area contributed by atoms with Crippen LogP contribution in [0.1, 0.15) is 32.4 Å². The third-order valence-electron chi connectivity index (χ3n) is 4.77. The van der Waals surface area contributed by atoms with Crippen molar-refractivity contribution in [2.24, 2.45) is 0 Å². The summed E-state index contributed by atoms with van der Waals surface area (Å²) in [7, 11) is 0. The van der Waals surface area contributed by atoms with Crippen molar-refractivity contribution in [1.29, 1.82) is 0 Å². The predicted molar refractivity (Wildman–Crippen MR) is 101 cm³/mol. The van der Waals surface area contributed by atoms with Crippen LogP contribution in [0.4, 0.5) is 10.2 Å². The SMILES string of the molecule is CC(C)(O)c1cn2c(-c3ccc(F)c(NC4CCCNC4)n3)cnc2cn1. The summed E-state index contributed by atoms with van der Waals surface area (Å²) in [4.78, 5) is 13.1. The highest BCUT2D eigenvalue weighted by molar-refractivity contribution is 5.62. The number of nitrogens with one attached hydrogen (secondary N) is 2. The van der Waals surface area contributed by atoms with Crippen LogP contribution in [-0.4, -0.2) is 43.6 Å². The predicted octanol–water partition coefficient (Wildman–Crippen LogP) is 2.32. The first-order chi connectivity index (χ1) is 12.9. The van der Waals surface area contributed by atoms with Crippen LogP contribution in [0.5, 0.6) is 0 Å². The number of aliphatic hydroxyl groups is 1. The van der Waals surface area contributed by atoms with Crippen molar-refractivity contribution in [2.45, 2.75) is 38.3 Å². The molecule has 1 saturated heterocycles. The number of piperidine rings is 1. The number of rotatable bonds is 4. The molecule has 0 radical (unpaired) electrons. The number of pyridine rings is 1. The average Bonchev–Trinajstić information content (AvgIpc) is 3.07. The van der Waals surface area contributed by atoms with E-state index >= 15 is 0 Å². The lowest BCUT2D eigenvalue weighted by Crippen LogP contribution is -2.38. The summed E-state index contributed by atoms with van der Waals surface area (Å²) in [6.45, 7) is 5.14. The lowest BCUT2D eigenvalue weighted by atomic mass is 10.1. The van der Waals surface area contributed by atoms with Crippen molar-refractivity contribution in [1.82, 2.24) is 24.7 Å². The Bertz CT molecular complexity index is 958. The summed E-state index contributed by atoms with van der Waals surface area (Å²) in [6.07, 6.45) is 7.05. The molecule has 1 atom stereocenters. The molecule has 3 aromatic rings. The molecule has 1 unspecified atom stereocenters. The molecule has 0 aliphatic carbocycles. The maximum absolute atomic E-state index is 14.3. The number of nitrogens with zero attached hydrogens (tertiary/aromatic N) is 4. The van der Waals surface area contributed by atoms with Crippen LogP contribution in [0.15, 0.2) is 30.7 Å². The van der Waals surface area contributed by atoms with Crippen LogP contribution in [-0.2, 0) is 5.60 Å². The second-order valence-corrected chi connectivity index (χ2v) is 7.42. The Morgan fingerprint density at radius 3 is 2.89 bits per heavy atom. The molecule has 27 heavy (non-hydrogen) atoms. The second-order valence-electron chi connectivity index (χ2n) is 7.42. The minimum atomic E-state index is -1.08. The largest absolute Gasteiger partial charge is 0.384 e. The van der Waals surface area contributed by atoms with Crippen LogP contribution in [0, 0.1) is 5.82 Å². The maximum atomic E-state index is 14.3. The molecule has 1 fully saturated rings. The zero-order valence-corrected chi connectivity index (χ0v) is 15.4. The van der Waals surface area contributed by atoms with Gasteiger partial charge in [-0.25, -0.2) is 14.4 Å². The van der Waals surface area contributed by atoms with Gasteiger partial charge in [0.15, 0.2) is 17.3 Å². The van der Waals surface area contributed by atoms with Crippen LogP contribution < -0.4 is 10.6 Å². The topological polar surface area (TPSA) is 87.4 Å². The van der Waals surface area contributed by atoms with E-state index in [1.807, 2.05) is 4.40 Å². The Morgan fingerprint density at radius 1 is 1.30 bits per heavy atom. The van der Waals surface area contributed by atoms with Crippen molar-refractivity contribution in [3.63, 3.8) is 0 Å². The van der Waals surface area contributed by atoms with E-state index in [9.17, 15) is 9.50 Å². The van der Waals surface area contributed by atoms with Crippen LogP contribution in [0.25, 0.3) is 17.0 Å².